The smallest absolute Gasteiger partial charge is 0.0750 e. The van der Waals surface area contributed by atoms with E-state index in [2.05, 4.69) is 26.2 Å². The van der Waals surface area contributed by atoms with Gasteiger partial charge in [0.25, 0.3) is 0 Å². The van der Waals surface area contributed by atoms with Gasteiger partial charge in [-0.15, -0.1) is 0 Å². The molecule has 0 aromatic carbocycles. The molecule has 3 N–H and O–H groups in total. The van der Waals surface area contributed by atoms with Crippen LogP contribution in [0.1, 0.15) is 12.8 Å². The minimum atomic E-state index is 0.663. The van der Waals surface area contributed by atoms with Crippen LogP contribution in [0.5, 0.6) is 0 Å². The lowest BCUT2D eigenvalue weighted by molar-refractivity contribution is 0.194. The molecule has 0 amide bonds. The third-order valence-corrected chi connectivity index (χ3v) is 2.61. The summed E-state index contributed by atoms with van der Waals surface area (Å²) in [6.45, 7) is 1.69. The largest absolute Gasteiger partial charge is 0.396 e. The number of hydrogen-bond acceptors (Lipinski definition) is 4. The molecule has 1 heterocycles. The number of hydrogen-bond donors (Lipinski definition) is 2. The molecule has 0 saturated carbocycles. The highest BCUT2D eigenvalue weighted by Gasteiger charge is 2.02. The summed E-state index contributed by atoms with van der Waals surface area (Å²) in [6, 6.07) is 0. The van der Waals surface area contributed by atoms with E-state index in [0.717, 1.165) is 36.2 Å². The zero-order chi connectivity index (χ0) is 11.1. The van der Waals surface area contributed by atoms with E-state index in [0.29, 0.717) is 5.69 Å². The summed E-state index contributed by atoms with van der Waals surface area (Å²) in [5, 5.41) is 3.27. The molecule has 0 fully saturated rings. The zero-order valence-electron chi connectivity index (χ0n) is 8.79. The van der Waals surface area contributed by atoms with Crippen molar-refractivity contribution in [2.24, 2.45) is 0 Å². The Kier molecular flexibility index (Phi) is 5.42. The number of ether oxygens (including phenoxy) is 1. The predicted octanol–water partition coefficient (Wildman–Crippen LogP) is 2.26. The Labute approximate surface area is 98.3 Å². The molecule has 0 aliphatic rings. The number of rotatable bonds is 6. The van der Waals surface area contributed by atoms with Crippen LogP contribution in [-0.2, 0) is 4.74 Å². The van der Waals surface area contributed by atoms with Gasteiger partial charge in [-0.3, -0.25) is 4.98 Å². The predicted molar refractivity (Wildman–Crippen MR) is 65.9 cm³/mol. The van der Waals surface area contributed by atoms with Gasteiger partial charge in [0.15, 0.2) is 0 Å². The number of aromatic nitrogens is 1. The van der Waals surface area contributed by atoms with Crippen LogP contribution in [0.25, 0.3) is 0 Å². The monoisotopic (exact) mass is 273 g/mol. The van der Waals surface area contributed by atoms with Gasteiger partial charge in [0.1, 0.15) is 0 Å². The van der Waals surface area contributed by atoms with E-state index < -0.39 is 0 Å². The van der Waals surface area contributed by atoms with Gasteiger partial charge in [0, 0.05) is 26.5 Å². The summed E-state index contributed by atoms with van der Waals surface area (Å²) in [6.07, 6.45) is 5.48. The fourth-order valence-corrected chi connectivity index (χ4v) is 1.71. The van der Waals surface area contributed by atoms with Crippen molar-refractivity contribution in [1.29, 1.82) is 0 Å². The van der Waals surface area contributed by atoms with E-state index in [4.69, 9.17) is 10.5 Å². The highest BCUT2D eigenvalue weighted by atomic mass is 79.9. The fourth-order valence-electron chi connectivity index (χ4n) is 1.22. The average molecular weight is 274 g/mol. The van der Waals surface area contributed by atoms with E-state index >= 15 is 0 Å². The molecular formula is C10H16BrN3O. The van der Waals surface area contributed by atoms with Gasteiger partial charge >= 0.3 is 0 Å². The van der Waals surface area contributed by atoms with Crippen LogP contribution in [0.2, 0.25) is 0 Å². The summed E-state index contributed by atoms with van der Waals surface area (Å²) in [5.41, 5.74) is 7.36. The summed E-state index contributed by atoms with van der Waals surface area (Å²) >= 11 is 3.40. The standard InChI is InChI=1S/C10H16BrN3O/c1-15-5-3-2-4-14-10-8(11)6-13-7-9(10)12/h6-7H,2-5,12H2,1H3,(H,13,14). The molecule has 5 heteroatoms. The Bertz CT molecular complexity index is 286. The van der Waals surface area contributed by atoms with Crippen LogP contribution in [-0.4, -0.2) is 25.2 Å². The number of anilines is 2. The zero-order valence-corrected chi connectivity index (χ0v) is 10.4. The Balaban J connectivity index is 2.37. The normalized spacial score (nSPS) is 10.3. The Morgan fingerprint density at radius 2 is 2.27 bits per heavy atom. The lowest BCUT2D eigenvalue weighted by Crippen LogP contribution is -2.06. The molecule has 0 unspecified atom stereocenters. The van der Waals surface area contributed by atoms with Crippen molar-refractivity contribution in [2.45, 2.75) is 12.8 Å². The van der Waals surface area contributed by atoms with Crippen molar-refractivity contribution in [1.82, 2.24) is 4.98 Å². The second kappa shape index (κ2) is 6.63. The second-order valence-corrected chi connectivity index (χ2v) is 4.07. The van der Waals surface area contributed by atoms with Crippen LogP contribution in [0, 0.1) is 0 Å². The average Bonchev–Trinajstić information content (AvgIpc) is 2.21. The van der Waals surface area contributed by atoms with Crippen LogP contribution >= 0.6 is 15.9 Å². The van der Waals surface area contributed by atoms with Gasteiger partial charge in [-0.1, -0.05) is 0 Å². The quantitative estimate of drug-likeness (QED) is 0.781. The van der Waals surface area contributed by atoms with Crippen LogP contribution in [0.4, 0.5) is 11.4 Å². The molecule has 15 heavy (non-hydrogen) atoms. The molecule has 1 aromatic heterocycles. The molecule has 0 radical (unpaired) electrons. The van der Waals surface area contributed by atoms with Gasteiger partial charge in [0.05, 0.1) is 22.0 Å². The number of nitrogens with one attached hydrogen (secondary N) is 1. The van der Waals surface area contributed by atoms with Crippen LogP contribution < -0.4 is 11.1 Å². The van der Waals surface area contributed by atoms with Crippen molar-refractivity contribution in [3.8, 4) is 0 Å². The first-order valence-corrected chi connectivity index (χ1v) is 5.66. The molecule has 0 bridgehead atoms. The first-order valence-electron chi connectivity index (χ1n) is 4.87. The van der Waals surface area contributed by atoms with Crippen molar-refractivity contribution >= 4 is 27.3 Å². The highest BCUT2D eigenvalue weighted by molar-refractivity contribution is 9.10. The SMILES string of the molecule is COCCCCNc1c(N)cncc1Br. The number of methoxy groups -OCH3 is 1. The first-order chi connectivity index (χ1) is 7.25. The first kappa shape index (κ1) is 12.3. The minimum Gasteiger partial charge on any atom is -0.396 e. The molecule has 84 valence electrons. The molecule has 0 aliphatic carbocycles. The number of nitrogens with zero attached hydrogens (tertiary/aromatic N) is 1. The van der Waals surface area contributed by atoms with Gasteiger partial charge < -0.3 is 15.8 Å². The minimum absolute atomic E-state index is 0.663. The molecule has 0 atom stereocenters. The van der Waals surface area contributed by atoms with E-state index in [9.17, 15) is 0 Å². The fraction of sp³-hybridized carbons (Fsp3) is 0.500. The van der Waals surface area contributed by atoms with Crippen molar-refractivity contribution in [3.63, 3.8) is 0 Å². The van der Waals surface area contributed by atoms with E-state index in [1.54, 1.807) is 19.5 Å². The maximum absolute atomic E-state index is 5.78. The van der Waals surface area contributed by atoms with E-state index in [-0.39, 0.29) is 0 Å². The third kappa shape index (κ3) is 4.05. The molecule has 0 spiro atoms. The summed E-state index contributed by atoms with van der Waals surface area (Å²) in [5.74, 6) is 0. The maximum Gasteiger partial charge on any atom is 0.0750 e. The molecular weight excluding hydrogens is 258 g/mol. The number of nitrogens with two attached hydrogens (primary N) is 1. The van der Waals surface area contributed by atoms with Gasteiger partial charge in [-0.05, 0) is 28.8 Å². The number of pyridine rings is 1. The van der Waals surface area contributed by atoms with Gasteiger partial charge in [-0.2, -0.15) is 0 Å². The molecule has 0 aliphatic heterocycles. The Hall–Kier alpha value is -0.810. The highest BCUT2D eigenvalue weighted by Crippen LogP contribution is 2.26. The van der Waals surface area contributed by atoms with Crippen molar-refractivity contribution < 1.29 is 4.74 Å². The number of nitrogen functional groups attached to an aromatic ring is 1. The Morgan fingerprint density at radius 1 is 1.47 bits per heavy atom. The topological polar surface area (TPSA) is 60.2 Å². The summed E-state index contributed by atoms with van der Waals surface area (Å²) in [7, 11) is 1.71. The van der Waals surface area contributed by atoms with Gasteiger partial charge in [-0.25, -0.2) is 0 Å². The van der Waals surface area contributed by atoms with E-state index in [1.165, 1.54) is 0 Å². The second-order valence-electron chi connectivity index (χ2n) is 3.21. The maximum atomic E-state index is 5.78. The third-order valence-electron chi connectivity index (χ3n) is 2.01. The van der Waals surface area contributed by atoms with Crippen molar-refractivity contribution in [2.75, 3.05) is 31.3 Å². The molecule has 0 saturated heterocycles. The number of unbranched alkanes of at least 4 members (excludes halogenated alkanes) is 1. The summed E-state index contributed by atoms with van der Waals surface area (Å²) < 4.78 is 5.87. The van der Waals surface area contributed by atoms with Crippen molar-refractivity contribution in [3.05, 3.63) is 16.9 Å². The molecule has 4 nitrogen and oxygen atoms in total. The van der Waals surface area contributed by atoms with E-state index in [1.807, 2.05) is 0 Å². The number of halogens is 1. The molecule has 1 aromatic rings. The Morgan fingerprint density at radius 3 is 2.93 bits per heavy atom. The lowest BCUT2D eigenvalue weighted by Gasteiger charge is -2.10. The summed E-state index contributed by atoms with van der Waals surface area (Å²) in [4.78, 5) is 3.97. The van der Waals surface area contributed by atoms with Gasteiger partial charge in [0.2, 0.25) is 0 Å². The molecule has 1 rings (SSSR count). The van der Waals surface area contributed by atoms with Crippen LogP contribution in [0.15, 0.2) is 16.9 Å². The van der Waals surface area contributed by atoms with Crippen LogP contribution in [0.3, 0.4) is 0 Å². The lowest BCUT2D eigenvalue weighted by atomic mass is 10.3.